The van der Waals surface area contributed by atoms with Gasteiger partial charge in [0.1, 0.15) is 30.1 Å². The van der Waals surface area contributed by atoms with Crippen LogP contribution in [0.4, 0.5) is 10.2 Å². The van der Waals surface area contributed by atoms with Crippen LogP contribution in [0.1, 0.15) is 57.6 Å². The van der Waals surface area contributed by atoms with Crippen LogP contribution in [-0.4, -0.2) is 56.2 Å². The van der Waals surface area contributed by atoms with E-state index in [0.29, 0.717) is 40.4 Å². The third-order valence-electron chi connectivity index (χ3n) is 8.15. The van der Waals surface area contributed by atoms with Gasteiger partial charge in [-0.1, -0.05) is 51.0 Å². The van der Waals surface area contributed by atoms with Crippen LogP contribution >= 0.6 is 11.8 Å². The summed E-state index contributed by atoms with van der Waals surface area (Å²) in [4.78, 5) is 14.4. The number of halogens is 1. The molecule has 11 heteroatoms. The van der Waals surface area contributed by atoms with E-state index in [9.17, 15) is 4.39 Å². The van der Waals surface area contributed by atoms with Gasteiger partial charge >= 0.3 is 0 Å². The molecule has 0 spiro atoms. The molecule has 45 heavy (non-hydrogen) atoms. The number of aromatic nitrogens is 4. The lowest BCUT2D eigenvalue weighted by Gasteiger charge is -2.21. The number of hydrogen-bond donors (Lipinski definition) is 1. The van der Waals surface area contributed by atoms with Crippen LogP contribution < -0.4 is 10.1 Å². The fraction of sp³-hybridized carbons (Fsp3) is 0.441. The van der Waals surface area contributed by atoms with Gasteiger partial charge in [0.25, 0.3) is 0 Å². The molecular weight excluding hydrogens is 593 g/mol. The Labute approximate surface area is 267 Å². The molecule has 2 aromatic carbocycles. The fourth-order valence-corrected chi connectivity index (χ4v) is 6.97. The molecule has 4 aromatic rings. The van der Waals surface area contributed by atoms with Gasteiger partial charge in [-0.05, 0) is 43.0 Å². The first kappa shape index (κ1) is 31.5. The Hall–Kier alpha value is -3.51. The third-order valence-corrected chi connectivity index (χ3v) is 9.29. The van der Waals surface area contributed by atoms with E-state index in [1.807, 2.05) is 34.9 Å². The maximum Gasteiger partial charge on any atom is 0.185 e. The molecule has 3 fully saturated rings. The molecule has 2 aromatic heterocycles. The zero-order valence-corrected chi connectivity index (χ0v) is 26.5. The van der Waals surface area contributed by atoms with Gasteiger partial charge in [0.15, 0.2) is 29.5 Å². The van der Waals surface area contributed by atoms with E-state index >= 15 is 0 Å². The molecule has 2 unspecified atom stereocenters. The number of fused-ring (bicyclic) bond motifs is 2. The smallest absolute Gasteiger partial charge is 0.185 e. The van der Waals surface area contributed by atoms with Crippen molar-refractivity contribution in [1.82, 2.24) is 19.5 Å². The van der Waals surface area contributed by atoms with E-state index in [2.05, 4.69) is 42.3 Å². The number of benzene rings is 2. The minimum Gasteiger partial charge on any atom is -0.493 e. The minimum absolute atomic E-state index is 0.251. The second kappa shape index (κ2) is 14.3. The zero-order valence-electron chi connectivity index (χ0n) is 25.7. The van der Waals surface area contributed by atoms with Gasteiger partial charge in [0.05, 0.1) is 19.0 Å². The Kier molecular flexibility index (Phi) is 9.99. The lowest BCUT2D eigenvalue weighted by Crippen LogP contribution is -2.30. The van der Waals surface area contributed by atoms with Gasteiger partial charge in [-0.15, -0.1) is 24.9 Å². The molecule has 2 aliphatic heterocycles. The average Bonchev–Trinajstić information content (AvgIpc) is 3.87. The normalized spacial score (nSPS) is 24.5. The van der Waals surface area contributed by atoms with E-state index < -0.39 is 18.6 Å². The molecule has 0 bridgehead atoms. The molecule has 5 atom stereocenters. The quantitative estimate of drug-likeness (QED) is 0.142. The van der Waals surface area contributed by atoms with E-state index in [-0.39, 0.29) is 18.0 Å². The van der Waals surface area contributed by atoms with Crippen LogP contribution in [0.15, 0.2) is 79.2 Å². The minimum atomic E-state index is -0.578. The van der Waals surface area contributed by atoms with Gasteiger partial charge in [-0.3, -0.25) is 4.57 Å². The van der Waals surface area contributed by atoms with Crippen LogP contribution in [-0.2, 0) is 14.2 Å². The van der Waals surface area contributed by atoms with Crippen molar-refractivity contribution in [3.8, 4) is 5.75 Å². The van der Waals surface area contributed by atoms with Gasteiger partial charge < -0.3 is 24.3 Å². The largest absolute Gasteiger partial charge is 0.493 e. The van der Waals surface area contributed by atoms with Crippen molar-refractivity contribution in [3.63, 3.8) is 0 Å². The fourth-order valence-electron chi connectivity index (χ4n) is 5.98. The highest BCUT2D eigenvalue weighted by Crippen LogP contribution is 2.46. The SMILES string of the molecule is C=C.CC(C)COc1ccc(C2O[C@@H]3[C@@H](CSc4ccccc4F)OC(n4cnc5c(NC6CCCC6)ncnc54)[C@@H]3O2)cc1. The molecule has 9 nitrogen and oxygen atoms in total. The Balaban J connectivity index is 0.00000175. The summed E-state index contributed by atoms with van der Waals surface area (Å²) in [6.45, 7) is 10.9. The Morgan fingerprint density at radius 3 is 2.51 bits per heavy atom. The predicted octanol–water partition coefficient (Wildman–Crippen LogP) is 7.33. The number of nitrogens with zero attached hydrogens (tertiary/aromatic N) is 4. The number of hydrogen-bond acceptors (Lipinski definition) is 9. The summed E-state index contributed by atoms with van der Waals surface area (Å²) < 4.78 is 41.9. The van der Waals surface area contributed by atoms with Crippen LogP contribution in [0, 0.1) is 11.7 Å². The topological polar surface area (TPSA) is 92.6 Å². The number of anilines is 1. The Morgan fingerprint density at radius 1 is 1.00 bits per heavy atom. The van der Waals surface area contributed by atoms with Gasteiger partial charge in [0, 0.05) is 22.3 Å². The van der Waals surface area contributed by atoms with Crippen molar-refractivity contribution in [2.24, 2.45) is 5.92 Å². The molecular formula is C34H40FN5O4S. The molecule has 238 valence electrons. The molecule has 1 N–H and O–H groups in total. The number of nitrogens with one attached hydrogen (secondary N) is 1. The molecule has 0 radical (unpaired) electrons. The van der Waals surface area contributed by atoms with Gasteiger partial charge in [0.2, 0.25) is 0 Å². The van der Waals surface area contributed by atoms with E-state index in [0.717, 1.165) is 30.0 Å². The molecule has 0 amide bonds. The summed E-state index contributed by atoms with van der Waals surface area (Å²) in [7, 11) is 0. The van der Waals surface area contributed by atoms with Crippen molar-refractivity contribution in [1.29, 1.82) is 0 Å². The summed E-state index contributed by atoms with van der Waals surface area (Å²) in [6, 6.07) is 15.0. The number of thioether (sulfide) groups is 1. The van der Waals surface area contributed by atoms with Crippen molar-refractivity contribution in [2.45, 2.75) is 81.3 Å². The summed E-state index contributed by atoms with van der Waals surface area (Å²) in [5, 5.41) is 3.56. The summed E-state index contributed by atoms with van der Waals surface area (Å²) in [6.07, 6.45) is 5.73. The van der Waals surface area contributed by atoms with Crippen LogP contribution in [0.5, 0.6) is 5.75 Å². The van der Waals surface area contributed by atoms with E-state index in [4.69, 9.17) is 23.9 Å². The highest BCUT2D eigenvalue weighted by Gasteiger charge is 2.54. The highest BCUT2D eigenvalue weighted by molar-refractivity contribution is 7.99. The second-order valence-electron chi connectivity index (χ2n) is 11.8. The Bertz CT molecular complexity index is 1560. The first-order valence-corrected chi connectivity index (χ1v) is 16.5. The first-order chi connectivity index (χ1) is 22.0. The van der Waals surface area contributed by atoms with Crippen molar-refractivity contribution < 1.29 is 23.3 Å². The lowest BCUT2D eigenvalue weighted by atomic mass is 10.1. The summed E-state index contributed by atoms with van der Waals surface area (Å²) in [5.74, 6) is 2.23. The maximum atomic E-state index is 14.4. The summed E-state index contributed by atoms with van der Waals surface area (Å²) >= 11 is 1.41. The van der Waals surface area contributed by atoms with Crippen LogP contribution in [0.3, 0.4) is 0 Å². The highest BCUT2D eigenvalue weighted by atomic mass is 32.2. The molecule has 3 aliphatic rings. The molecule has 7 rings (SSSR count). The first-order valence-electron chi connectivity index (χ1n) is 15.5. The van der Waals surface area contributed by atoms with Gasteiger partial charge in [-0.25, -0.2) is 19.3 Å². The van der Waals surface area contributed by atoms with Crippen molar-refractivity contribution in [2.75, 3.05) is 17.7 Å². The zero-order chi connectivity index (χ0) is 31.3. The van der Waals surface area contributed by atoms with Gasteiger partial charge in [-0.2, -0.15) is 0 Å². The van der Waals surface area contributed by atoms with Crippen LogP contribution in [0.25, 0.3) is 11.2 Å². The van der Waals surface area contributed by atoms with Crippen molar-refractivity contribution >= 4 is 28.7 Å². The van der Waals surface area contributed by atoms with Crippen molar-refractivity contribution in [3.05, 3.63) is 85.7 Å². The second-order valence-corrected chi connectivity index (χ2v) is 12.8. The summed E-state index contributed by atoms with van der Waals surface area (Å²) in [5.41, 5.74) is 2.26. The number of rotatable bonds is 10. The molecule has 1 aliphatic carbocycles. The Morgan fingerprint density at radius 2 is 1.76 bits per heavy atom. The lowest BCUT2D eigenvalue weighted by molar-refractivity contribution is -0.143. The standard InChI is InChI=1S/C32H36FN5O4S.C2H4/c1-19(2)15-39-22-13-11-20(12-14-22)32-41-27-24(16-43-25-10-6-5-9-23(25)33)40-31(28(27)42-32)38-18-36-26-29(34-17-35-30(26)38)37-21-7-3-4-8-21;1-2/h5-6,9-14,17-19,21,24,27-28,31-32H,3-4,7-8,15-16H2,1-2H3,(H,34,35,37);1-2H2/t24-,27-,28-,31?,32?;/m1./s1. The number of ether oxygens (including phenoxy) is 4. The molecule has 2 saturated heterocycles. The maximum absolute atomic E-state index is 14.4. The van der Waals surface area contributed by atoms with E-state index in [1.54, 1.807) is 24.8 Å². The number of imidazole rings is 1. The predicted molar refractivity (Wildman–Crippen MR) is 173 cm³/mol. The van der Waals surface area contributed by atoms with E-state index in [1.165, 1.54) is 30.7 Å². The average molecular weight is 634 g/mol. The monoisotopic (exact) mass is 633 g/mol. The third kappa shape index (κ3) is 6.86. The van der Waals surface area contributed by atoms with Crippen LogP contribution in [0.2, 0.25) is 0 Å². The molecule has 1 saturated carbocycles. The molecule has 4 heterocycles.